The Morgan fingerprint density at radius 2 is 2.00 bits per heavy atom. The van der Waals surface area contributed by atoms with Crippen LogP contribution in [0.3, 0.4) is 0 Å². The first-order valence-corrected chi connectivity index (χ1v) is 7.41. The van der Waals surface area contributed by atoms with Crippen LogP contribution in [0.4, 0.5) is 0 Å². The lowest BCUT2D eigenvalue weighted by Gasteiger charge is -2.14. The Hall–Kier alpha value is -1.12. The van der Waals surface area contributed by atoms with Crippen LogP contribution < -0.4 is 5.73 Å². The predicted octanol–water partition coefficient (Wildman–Crippen LogP) is 3.90. The van der Waals surface area contributed by atoms with Gasteiger partial charge in [-0.3, -0.25) is 0 Å². The third kappa shape index (κ3) is 2.00. The molecule has 2 aromatic rings. The van der Waals surface area contributed by atoms with Gasteiger partial charge in [-0.15, -0.1) is 11.3 Å². The fourth-order valence-corrected chi connectivity index (χ4v) is 4.03. The van der Waals surface area contributed by atoms with Crippen molar-refractivity contribution in [2.24, 2.45) is 5.73 Å². The Morgan fingerprint density at radius 1 is 1.17 bits per heavy atom. The van der Waals surface area contributed by atoms with Crippen LogP contribution in [0.5, 0.6) is 0 Å². The third-order valence-electron chi connectivity index (χ3n) is 3.84. The molecule has 1 aliphatic carbocycles. The maximum absolute atomic E-state index is 6.46. The van der Waals surface area contributed by atoms with E-state index >= 15 is 0 Å². The minimum atomic E-state index is 0.0421. The highest BCUT2D eigenvalue weighted by Gasteiger charge is 2.19. The second-order valence-electron chi connectivity index (χ2n) is 5.29. The van der Waals surface area contributed by atoms with Crippen LogP contribution >= 0.6 is 11.3 Å². The number of benzene rings is 1. The fourth-order valence-electron chi connectivity index (χ4n) is 2.75. The van der Waals surface area contributed by atoms with Crippen molar-refractivity contribution in [1.29, 1.82) is 0 Å². The van der Waals surface area contributed by atoms with Gasteiger partial charge in [0.2, 0.25) is 0 Å². The Bertz CT molecular complexity index is 561. The van der Waals surface area contributed by atoms with Gasteiger partial charge in [0, 0.05) is 9.75 Å². The van der Waals surface area contributed by atoms with Gasteiger partial charge in [-0.25, -0.2) is 0 Å². The molecule has 3 rings (SSSR count). The summed E-state index contributed by atoms with van der Waals surface area (Å²) in [5.41, 5.74) is 11.8. The van der Waals surface area contributed by atoms with Crippen LogP contribution in [-0.4, -0.2) is 0 Å². The molecule has 0 amide bonds. The molecule has 2 heteroatoms. The number of fused-ring (bicyclic) bond motifs is 1. The van der Waals surface area contributed by atoms with E-state index in [4.69, 9.17) is 5.73 Å². The molecule has 0 bridgehead atoms. The predicted molar refractivity (Wildman–Crippen MR) is 78.3 cm³/mol. The average Bonchev–Trinajstić information content (AvgIpc) is 2.91. The van der Waals surface area contributed by atoms with E-state index < -0.39 is 0 Å². The zero-order chi connectivity index (χ0) is 12.7. The molecule has 1 nitrogen and oxygen atoms in total. The second-order valence-corrected chi connectivity index (χ2v) is 6.46. The van der Waals surface area contributed by atoms with Crippen LogP contribution in [0.1, 0.15) is 44.5 Å². The summed E-state index contributed by atoms with van der Waals surface area (Å²) in [5.74, 6) is 0. The molecule has 0 saturated carbocycles. The number of hydrogen-bond acceptors (Lipinski definition) is 2. The Balaban J connectivity index is 1.98. The van der Waals surface area contributed by atoms with Gasteiger partial charge < -0.3 is 5.73 Å². The first-order valence-electron chi connectivity index (χ1n) is 6.59. The topological polar surface area (TPSA) is 26.0 Å². The maximum Gasteiger partial charge on any atom is 0.0648 e. The van der Waals surface area contributed by atoms with Crippen molar-refractivity contribution in [1.82, 2.24) is 0 Å². The van der Waals surface area contributed by atoms with Gasteiger partial charge >= 0.3 is 0 Å². The van der Waals surface area contributed by atoms with Gasteiger partial charge in [-0.2, -0.15) is 0 Å². The molecule has 1 aromatic carbocycles. The van der Waals surface area contributed by atoms with Crippen molar-refractivity contribution < 1.29 is 0 Å². The van der Waals surface area contributed by atoms with Crippen molar-refractivity contribution in [3.63, 3.8) is 0 Å². The average molecular weight is 257 g/mol. The summed E-state index contributed by atoms with van der Waals surface area (Å²) >= 11 is 1.91. The number of thiophene rings is 1. The Morgan fingerprint density at radius 3 is 2.78 bits per heavy atom. The van der Waals surface area contributed by atoms with Crippen LogP contribution in [-0.2, 0) is 12.8 Å². The normalized spacial score (nSPS) is 15.7. The highest BCUT2D eigenvalue weighted by molar-refractivity contribution is 7.12. The molecule has 2 N–H and O–H groups in total. The maximum atomic E-state index is 6.46. The highest BCUT2D eigenvalue weighted by atomic mass is 32.1. The zero-order valence-corrected chi connectivity index (χ0v) is 11.8. The molecule has 1 aliphatic rings. The molecule has 1 heterocycles. The summed E-state index contributed by atoms with van der Waals surface area (Å²) in [6.07, 6.45) is 3.81. The fraction of sp³-hybridized carbons (Fsp3) is 0.375. The zero-order valence-electron chi connectivity index (χ0n) is 11.0. The molecular formula is C16H19NS. The lowest BCUT2D eigenvalue weighted by atomic mass is 9.98. The minimum absolute atomic E-state index is 0.0421. The summed E-state index contributed by atoms with van der Waals surface area (Å²) in [6, 6.07) is 8.93. The monoisotopic (exact) mass is 257 g/mol. The van der Waals surface area contributed by atoms with Gasteiger partial charge in [-0.1, -0.05) is 23.8 Å². The molecule has 0 spiro atoms. The van der Waals surface area contributed by atoms with Gasteiger partial charge in [-0.05, 0) is 55.9 Å². The van der Waals surface area contributed by atoms with Gasteiger partial charge in [0.15, 0.2) is 0 Å². The lowest BCUT2D eigenvalue weighted by Crippen LogP contribution is -2.12. The van der Waals surface area contributed by atoms with Crippen LogP contribution in [0, 0.1) is 13.8 Å². The van der Waals surface area contributed by atoms with Crippen molar-refractivity contribution in [3.8, 4) is 0 Å². The molecule has 0 fully saturated rings. The van der Waals surface area contributed by atoms with E-state index in [0.29, 0.717) is 0 Å². The highest BCUT2D eigenvalue weighted by Crippen LogP contribution is 2.35. The van der Waals surface area contributed by atoms with Crippen molar-refractivity contribution in [3.05, 3.63) is 56.3 Å². The van der Waals surface area contributed by atoms with Crippen molar-refractivity contribution in [2.45, 2.75) is 39.2 Å². The summed E-state index contributed by atoms with van der Waals surface area (Å²) < 4.78 is 0. The standard InChI is InChI=1S/C16H19NS/c1-10-6-7-11(2)13(8-10)16(17)15-9-12-4-3-5-14(12)18-15/h6-9,16H,3-5,17H2,1-2H3. The molecule has 0 aliphatic heterocycles. The molecule has 94 valence electrons. The Labute approximate surface area is 113 Å². The number of nitrogens with two attached hydrogens (primary N) is 1. The van der Waals surface area contributed by atoms with Crippen LogP contribution in [0.15, 0.2) is 24.3 Å². The summed E-state index contributed by atoms with van der Waals surface area (Å²) in [4.78, 5) is 2.89. The summed E-state index contributed by atoms with van der Waals surface area (Å²) in [5, 5.41) is 0. The quantitative estimate of drug-likeness (QED) is 0.867. The largest absolute Gasteiger partial charge is 0.320 e. The molecular weight excluding hydrogens is 238 g/mol. The summed E-state index contributed by atoms with van der Waals surface area (Å²) in [7, 11) is 0. The van der Waals surface area contributed by atoms with E-state index in [1.165, 1.54) is 46.4 Å². The molecule has 1 unspecified atom stereocenters. The van der Waals surface area contributed by atoms with E-state index in [-0.39, 0.29) is 6.04 Å². The van der Waals surface area contributed by atoms with E-state index in [2.05, 4.69) is 38.1 Å². The molecule has 1 aromatic heterocycles. The van der Waals surface area contributed by atoms with Gasteiger partial charge in [0.1, 0.15) is 0 Å². The first kappa shape index (κ1) is 11.9. The number of aryl methyl sites for hydroxylation is 4. The van der Waals surface area contributed by atoms with Crippen molar-refractivity contribution >= 4 is 11.3 Å². The van der Waals surface area contributed by atoms with E-state index in [1.807, 2.05) is 11.3 Å². The number of hydrogen-bond donors (Lipinski definition) is 1. The van der Waals surface area contributed by atoms with Gasteiger partial charge in [0.05, 0.1) is 6.04 Å². The molecule has 18 heavy (non-hydrogen) atoms. The molecule has 1 atom stereocenters. The Kier molecular flexibility index (Phi) is 3.00. The van der Waals surface area contributed by atoms with Crippen LogP contribution in [0.25, 0.3) is 0 Å². The lowest BCUT2D eigenvalue weighted by molar-refractivity contribution is 0.872. The molecule has 0 saturated heterocycles. The third-order valence-corrected chi connectivity index (χ3v) is 5.16. The van der Waals surface area contributed by atoms with E-state index in [1.54, 1.807) is 4.88 Å². The van der Waals surface area contributed by atoms with Crippen molar-refractivity contribution in [2.75, 3.05) is 0 Å². The first-order chi connectivity index (χ1) is 8.65. The van der Waals surface area contributed by atoms with Crippen LogP contribution in [0.2, 0.25) is 0 Å². The van der Waals surface area contributed by atoms with Gasteiger partial charge in [0.25, 0.3) is 0 Å². The molecule has 0 radical (unpaired) electrons. The summed E-state index contributed by atoms with van der Waals surface area (Å²) in [6.45, 7) is 4.28. The number of rotatable bonds is 2. The smallest absolute Gasteiger partial charge is 0.0648 e. The SMILES string of the molecule is Cc1ccc(C)c(C(N)c2cc3c(s2)CCC3)c1. The second kappa shape index (κ2) is 4.52. The van der Waals surface area contributed by atoms with E-state index in [0.717, 1.165) is 0 Å². The minimum Gasteiger partial charge on any atom is -0.320 e. The van der Waals surface area contributed by atoms with E-state index in [9.17, 15) is 0 Å².